The van der Waals surface area contributed by atoms with Crippen molar-refractivity contribution in [2.75, 3.05) is 13.7 Å². The molecule has 0 aliphatic rings. The molecule has 0 saturated heterocycles. The molecule has 2 rings (SSSR count). The van der Waals surface area contributed by atoms with Crippen molar-refractivity contribution >= 4 is 35.0 Å². The molecule has 0 aromatic heterocycles. The first-order chi connectivity index (χ1) is 11.5. The Labute approximate surface area is 148 Å². The number of benzene rings is 2. The maximum atomic E-state index is 11.9. The molecule has 2 aromatic rings. The van der Waals surface area contributed by atoms with Gasteiger partial charge in [0, 0.05) is 5.02 Å². The van der Waals surface area contributed by atoms with E-state index in [0.29, 0.717) is 16.5 Å². The van der Waals surface area contributed by atoms with E-state index in [1.165, 1.54) is 25.3 Å². The maximum Gasteiger partial charge on any atom is 0.276 e. The Morgan fingerprint density at radius 3 is 2.42 bits per heavy atom. The van der Waals surface area contributed by atoms with Gasteiger partial charge in [-0.15, -0.1) is 0 Å². The summed E-state index contributed by atoms with van der Waals surface area (Å²) in [5, 5.41) is 0.588. The largest absolute Gasteiger partial charge is 0.493 e. The third-order valence-corrected chi connectivity index (χ3v) is 3.47. The molecular weight excluding hydrogens is 355 g/mol. The van der Waals surface area contributed by atoms with Gasteiger partial charge in [0.05, 0.1) is 17.7 Å². The van der Waals surface area contributed by atoms with Crippen LogP contribution in [0.4, 0.5) is 0 Å². The van der Waals surface area contributed by atoms with Gasteiger partial charge < -0.3 is 9.47 Å². The molecule has 2 N–H and O–H groups in total. The first kappa shape index (κ1) is 17.9. The van der Waals surface area contributed by atoms with Gasteiger partial charge in [0.1, 0.15) is 0 Å². The number of methoxy groups -OCH3 is 1. The van der Waals surface area contributed by atoms with Crippen molar-refractivity contribution in [1.29, 1.82) is 0 Å². The second kappa shape index (κ2) is 8.42. The van der Waals surface area contributed by atoms with Crippen LogP contribution in [0.3, 0.4) is 0 Å². The van der Waals surface area contributed by atoms with Crippen LogP contribution >= 0.6 is 23.2 Å². The van der Waals surface area contributed by atoms with Gasteiger partial charge in [0.25, 0.3) is 11.8 Å². The highest BCUT2D eigenvalue weighted by Crippen LogP contribution is 2.25. The standard InChI is InChI=1S/C16H14Cl2N2O4/c1-23-13-4-2-3-5-14(13)24-9-15(21)19-20-16(22)11-7-6-10(17)8-12(11)18/h2-8H,9H2,1H3,(H,19,21)(H,20,22). The minimum atomic E-state index is -0.567. The predicted molar refractivity (Wildman–Crippen MR) is 90.6 cm³/mol. The number of carbonyl (C=O) groups is 2. The SMILES string of the molecule is COc1ccccc1OCC(=O)NNC(=O)c1ccc(Cl)cc1Cl. The molecule has 0 aliphatic heterocycles. The van der Waals surface area contributed by atoms with Crippen LogP contribution < -0.4 is 20.3 Å². The molecule has 2 amide bonds. The van der Waals surface area contributed by atoms with Gasteiger partial charge in [0.15, 0.2) is 18.1 Å². The van der Waals surface area contributed by atoms with E-state index in [2.05, 4.69) is 10.9 Å². The van der Waals surface area contributed by atoms with Gasteiger partial charge in [-0.2, -0.15) is 0 Å². The highest BCUT2D eigenvalue weighted by Gasteiger charge is 2.12. The van der Waals surface area contributed by atoms with Crippen molar-refractivity contribution in [3.05, 3.63) is 58.1 Å². The highest BCUT2D eigenvalue weighted by atomic mass is 35.5. The third kappa shape index (κ3) is 4.78. The molecule has 0 fully saturated rings. The number of amides is 2. The quantitative estimate of drug-likeness (QED) is 0.795. The van der Waals surface area contributed by atoms with Crippen LogP contribution in [0.25, 0.3) is 0 Å². The summed E-state index contributed by atoms with van der Waals surface area (Å²) in [4.78, 5) is 23.7. The number of nitrogens with one attached hydrogen (secondary N) is 2. The lowest BCUT2D eigenvalue weighted by atomic mass is 10.2. The maximum absolute atomic E-state index is 11.9. The summed E-state index contributed by atoms with van der Waals surface area (Å²) >= 11 is 11.7. The Morgan fingerprint density at radius 1 is 1.04 bits per heavy atom. The smallest absolute Gasteiger partial charge is 0.276 e. The summed E-state index contributed by atoms with van der Waals surface area (Å²) in [6.45, 7) is -0.297. The molecule has 0 spiro atoms. The number of carbonyl (C=O) groups excluding carboxylic acids is 2. The van der Waals surface area contributed by atoms with E-state index in [1.807, 2.05) is 0 Å². The minimum Gasteiger partial charge on any atom is -0.493 e. The second-order valence-electron chi connectivity index (χ2n) is 4.57. The zero-order valence-corrected chi connectivity index (χ0v) is 14.1. The second-order valence-corrected chi connectivity index (χ2v) is 5.41. The Morgan fingerprint density at radius 2 is 1.75 bits per heavy atom. The van der Waals surface area contributed by atoms with Gasteiger partial charge in [-0.1, -0.05) is 35.3 Å². The fourth-order valence-electron chi connectivity index (χ4n) is 1.78. The number of hydrogen-bond acceptors (Lipinski definition) is 4. The molecule has 126 valence electrons. The molecule has 0 saturated carbocycles. The summed E-state index contributed by atoms with van der Waals surface area (Å²) < 4.78 is 10.4. The van der Waals surface area contributed by atoms with Crippen LogP contribution in [0, 0.1) is 0 Å². The van der Waals surface area contributed by atoms with E-state index in [0.717, 1.165) is 0 Å². The zero-order chi connectivity index (χ0) is 17.5. The van der Waals surface area contributed by atoms with Crippen molar-refractivity contribution in [1.82, 2.24) is 10.9 Å². The van der Waals surface area contributed by atoms with E-state index in [9.17, 15) is 9.59 Å². The van der Waals surface area contributed by atoms with Gasteiger partial charge in [0.2, 0.25) is 0 Å². The number of hydrogen-bond donors (Lipinski definition) is 2. The molecule has 0 unspecified atom stereocenters. The Balaban J connectivity index is 1.85. The Hall–Kier alpha value is -2.44. The van der Waals surface area contributed by atoms with Crippen molar-refractivity contribution < 1.29 is 19.1 Å². The molecule has 0 bridgehead atoms. The average Bonchev–Trinajstić information content (AvgIpc) is 2.58. The van der Waals surface area contributed by atoms with Crippen LogP contribution in [0.5, 0.6) is 11.5 Å². The van der Waals surface area contributed by atoms with Crippen LogP contribution in [0.15, 0.2) is 42.5 Å². The molecule has 0 radical (unpaired) electrons. The lowest BCUT2D eigenvalue weighted by Crippen LogP contribution is -2.43. The summed E-state index contributed by atoms with van der Waals surface area (Å²) in [7, 11) is 1.50. The summed E-state index contributed by atoms with van der Waals surface area (Å²) in [6, 6.07) is 11.3. The van der Waals surface area contributed by atoms with E-state index in [1.54, 1.807) is 24.3 Å². The molecule has 24 heavy (non-hydrogen) atoms. The number of rotatable bonds is 5. The van der Waals surface area contributed by atoms with Crippen molar-refractivity contribution in [2.45, 2.75) is 0 Å². The Bertz CT molecular complexity index is 753. The lowest BCUT2D eigenvalue weighted by molar-refractivity contribution is -0.123. The molecule has 0 aliphatic carbocycles. The van der Waals surface area contributed by atoms with Crippen LogP contribution in [0.2, 0.25) is 10.0 Å². The van der Waals surface area contributed by atoms with Crippen molar-refractivity contribution in [3.8, 4) is 11.5 Å². The normalized spacial score (nSPS) is 9.96. The minimum absolute atomic E-state index is 0.180. The highest BCUT2D eigenvalue weighted by molar-refractivity contribution is 6.36. The monoisotopic (exact) mass is 368 g/mol. The summed E-state index contributed by atoms with van der Waals surface area (Å²) in [5.41, 5.74) is 4.67. The van der Waals surface area contributed by atoms with E-state index in [-0.39, 0.29) is 17.2 Å². The predicted octanol–water partition coefficient (Wildman–Crippen LogP) is 2.84. The fourth-order valence-corrected chi connectivity index (χ4v) is 2.28. The Kier molecular flexibility index (Phi) is 6.28. The number of para-hydroxylation sites is 2. The van der Waals surface area contributed by atoms with Crippen LogP contribution in [0.1, 0.15) is 10.4 Å². The first-order valence-electron chi connectivity index (χ1n) is 6.81. The van der Waals surface area contributed by atoms with Crippen molar-refractivity contribution in [2.24, 2.45) is 0 Å². The van der Waals surface area contributed by atoms with Crippen LogP contribution in [-0.4, -0.2) is 25.5 Å². The van der Waals surface area contributed by atoms with Gasteiger partial charge >= 0.3 is 0 Å². The molecular formula is C16H14Cl2N2O4. The van der Waals surface area contributed by atoms with Gasteiger partial charge in [-0.25, -0.2) is 0 Å². The number of ether oxygens (including phenoxy) is 2. The van der Waals surface area contributed by atoms with E-state index in [4.69, 9.17) is 32.7 Å². The topological polar surface area (TPSA) is 76.7 Å². The summed E-state index contributed by atoms with van der Waals surface area (Å²) in [5.74, 6) is -0.189. The molecule has 2 aromatic carbocycles. The number of halogens is 2. The third-order valence-electron chi connectivity index (χ3n) is 2.92. The molecule has 6 nitrogen and oxygen atoms in total. The van der Waals surface area contributed by atoms with Crippen LogP contribution in [-0.2, 0) is 4.79 Å². The summed E-state index contributed by atoms with van der Waals surface area (Å²) in [6.07, 6.45) is 0. The van der Waals surface area contributed by atoms with E-state index >= 15 is 0 Å². The molecule has 0 atom stereocenters. The molecule has 8 heteroatoms. The average molecular weight is 369 g/mol. The number of hydrazine groups is 1. The van der Waals surface area contributed by atoms with Gasteiger partial charge in [-0.05, 0) is 30.3 Å². The van der Waals surface area contributed by atoms with Gasteiger partial charge in [-0.3, -0.25) is 20.4 Å². The fraction of sp³-hybridized carbons (Fsp3) is 0.125. The zero-order valence-electron chi connectivity index (χ0n) is 12.6. The lowest BCUT2D eigenvalue weighted by Gasteiger charge is -2.11. The molecule has 0 heterocycles. The van der Waals surface area contributed by atoms with Crippen molar-refractivity contribution in [3.63, 3.8) is 0 Å². The van der Waals surface area contributed by atoms with E-state index < -0.39 is 11.8 Å². The first-order valence-corrected chi connectivity index (χ1v) is 7.57.